The van der Waals surface area contributed by atoms with E-state index in [4.69, 9.17) is 0 Å². The summed E-state index contributed by atoms with van der Waals surface area (Å²) >= 11 is 0. The number of aromatic nitrogens is 4. The second-order valence-electron chi connectivity index (χ2n) is 7.76. The number of carboxylic acids is 1. The lowest BCUT2D eigenvalue weighted by atomic mass is 9.69. The van der Waals surface area contributed by atoms with Crippen LogP contribution in [-0.2, 0) is 16.8 Å². The molecule has 0 bridgehead atoms. The highest BCUT2D eigenvalue weighted by atomic mass is 16.4. The van der Waals surface area contributed by atoms with Crippen LogP contribution in [0.2, 0.25) is 0 Å². The Morgan fingerprint density at radius 1 is 1.28 bits per heavy atom. The van der Waals surface area contributed by atoms with E-state index in [0.717, 1.165) is 23.0 Å². The molecule has 0 saturated heterocycles. The smallest absolute Gasteiger partial charge is 0.307 e. The number of aromatic amines is 1. The molecule has 1 aromatic heterocycles. The number of quaternary nitrogens is 1. The first-order valence-corrected chi connectivity index (χ1v) is 8.55. The van der Waals surface area contributed by atoms with Crippen LogP contribution in [0.5, 0.6) is 0 Å². The Morgan fingerprint density at radius 2 is 1.92 bits per heavy atom. The standard InChI is InChI=1S/C18H27N5O2/c1-6-7-15(16(24)25)18(2,17-19-21-22-20-17)14-10-8-13(9-11-14)12-23(3,4)5/h8-11,15H,6-7,12H2,1-5H3,(H-,19,20,21,22,24,25)/p+1/t15-,18-/m1/s1. The van der Waals surface area contributed by atoms with Crippen molar-refractivity contribution in [2.75, 3.05) is 21.1 Å². The Morgan fingerprint density at radius 3 is 2.36 bits per heavy atom. The van der Waals surface area contributed by atoms with Crippen LogP contribution in [0, 0.1) is 5.92 Å². The van der Waals surface area contributed by atoms with Gasteiger partial charge in [0.25, 0.3) is 0 Å². The zero-order chi connectivity index (χ0) is 18.7. The maximum atomic E-state index is 12.0. The summed E-state index contributed by atoms with van der Waals surface area (Å²) in [6.45, 7) is 4.77. The fraction of sp³-hybridized carbons (Fsp3) is 0.556. The highest BCUT2D eigenvalue weighted by Gasteiger charge is 2.44. The number of nitrogens with zero attached hydrogens (tertiary/aromatic N) is 4. The number of benzene rings is 1. The van der Waals surface area contributed by atoms with Gasteiger partial charge in [0.1, 0.15) is 6.54 Å². The molecule has 2 aromatic rings. The minimum Gasteiger partial charge on any atom is -0.481 e. The van der Waals surface area contributed by atoms with Crippen LogP contribution < -0.4 is 0 Å². The molecule has 0 spiro atoms. The Hall–Kier alpha value is -2.28. The van der Waals surface area contributed by atoms with Gasteiger partial charge in [-0.05, 0) is 18.9 Å². The summed E-state index contributed by atoms with van der Waals surface area (Å²) in [6, 6.07) is 8.10. The van der Waals surface area contributed by atoms with Crippen LogP contribution in [0.1, 0.15) is 43.6 Å². The number of tetrazole rings is 1. The second-order valence-corrected chi connectivity index (χ2v) is 7.76. The van der Waals surface area contributed by atoms with Gasteiger partial charge in [-0.3, -0.25) is 4.79 Å². The summed E-state index contributed by atoms with van der Waals surface area (Å²) in [6.07, 6.45) is 1.31. The van der Waals surface area contributed by atoms with Crippen molar-refractivity contribution in [3.63, 3.8) is 0 Å². The molecule has 0 radical (unpaired) electrons. The monoisotopic (exact) mass is 346 g/mol. The Balaban J connectivity index is 2.48. The van der Waals surface area contributed by atoms with E-state index in [1.165, 1.54) is 5.56 Å². The first-order chi connectivity index (χ1) is 11.7. The number of hydrogen-bond acceptors (Lipinski definition) is 4. The zero-order valence-electron chi connectivity index (χ0n) is 15.7. The Kier molecular flexibility index (Phi) is 5.57. The highest BCUT2D eigenvalue weighted by molar-refractivity contribution is 5.73. The van der Waals surface area contributed by atoms with Crippen molar-refractivity contribution in [2.45, 2.75) is 38.6 Å². The number of H-pyrrole nitrogens is 1. The molecule has 1 heterocycles. The van der Waals surface area contributed by atoms with Gasteiger partial charge in [-0.25, -0.2) is 0 Å². The minimum atomic E-state index is -0.843. The minimum absolute atomic E-state index is 0.410. The van der Waals surface area contributed by atoms with Crippen LogP contribution in [0.15, 0.2) is 24.3 Å². The third-order valence-electron chi connectivity index (χ3n) is 4.59. The lowest BCUT2D eigenvalue weighted by molar-refractivity contribution is -0.884. The van der Waals surface area contributed by atoms with Gasteiger partial charge in [0, 0.05) is 5.56 Å². The molecule has 2 rings (SSSR count). The lowest BCUT2D eigenvalue weighted by Gasteiger charge is -2.33. The summed E-state index contributed by atoms with van der Waals surface area (Å²) in [5.41, 5.74) is 1.25. The summed E-state index contributed by atoms with van der Waals surface area (Å²) in [5, 5.41) is 24.2. The predicted molar refractivity (Wildman–Crippen MR) is 94.8 cm³/mol. The molecule has 0 unspecified atom stereocenters. The van der Waals surface area contributed by atoms with Crippen molar-refractivity contribution in [2.24, 2.45) is 5.92 Å². The van der Waals surface area contributed by atoms with Gasteiger partial charge in [0.05, 0.1) is 32.5 Å². The number of carboxylic acid groups (broad SMARTS) is 1. The summed E-state index contributed by atoms with van der Waals surface area (Å²) in [4.78, 5) is 12.0. The van der Waals surface area contributed by atoms with Gasteiger partial charge < -0.3 is 9.59 Å². The zero-order valence-corrected chi connectivity index (χ0v) is 15.7. The van der Waals surface area contributed by atoms with Crippen molar-refractivity contribution in [3.8, 4) is 0 Å². The van der Waals surface area contributed by atoms with Crippen molar-refractivity contribution in [1.29, 1.82) is 0 Å². The number of hydrogen-bond donors (Lipinski definition) is 2. The molecule has 0 fully saturated rings. The van der Waals surface area contributed by atoms with E-state index in [1.54, 1.807) is 0 Å². The van der Waals surface area contributed by atoms with Gasteiger partial charge in [0.2, 0.25) is 0 Å². The quantitative estimate of drug-likeness (QED) is 0.715. The summed E-state index contributed by atoms with van der Waals surface area (Å²) in [5.74, 6) is -1.06. The molecule has 1 aromatic carbocycles. The number of nitrogens with one attached hydrogen (secondary N) is 1. The molecule has 0 aliphatic heterocycles. The first kappa shape index (κ1) is 19.1. The molecule has 25 heavy (non-hydrogen) atoms. The first-order valence-electron chi connectivity index (χ1n) is 8.55. The molecule has 0 saturated carbocycles. The van der Waals surface area contributed by atoms with E-state index < -0.39 is 17.3 Å². The molecular weight excluding hydrogens is 318 g/mol. The number of rotatable bonds is 8. The van der Waals surface area contributed by atoms with E-state index in [1.807, 2.05) is 26.0 Å². The van der Waals surface area contributed by atoms with Gasteiger partial charge in [0.15, 0.2) is 5.82 Å². The van der Waals surface area contributed by atoms with Crippen LogP contribution >= 0.6 is 0 Å². The van der Waals surface area contributed by atoms with E-state index in [9.17, 15) is 9.90 Å². The van der Waals surface area contributed by atoms with Crippen molar-refractivity contribution < 1.29 is 14.4 Å². The maximum Gasteiger partial charge on any atom is 0.307 e. The highest BCUT2D eigenvalue weighted by Crippen LogP contribution is 2.39. The SMILES string of the molecule is CCC[C@H](C(=O)O)[C@@](C)(c1ccc(C[N+](C)(C)C)cc1)c1nn[nH]n1. The van der Waals surface area contributed by atoms with Crippen LogP contribution in [0.4, 0.5) is 0 Å². The number of aliphatic carboxylic acids is 1. The average Bonchev–Trinajstić information content (AvgIpc) is 3.05. The van der Waals surface area contributed by atoms with E-state index >= 15 is 0 Å². The Bertz CT molecular complexity index is 691. The van der Waals surface area contributed by atoms with E-state index in [0.29, 0.717) is 12.2 Å². The fourth-order valence-corrected chi connectivity index (χ4v) is 3.32. The second kappa shape index (κ2) is 7.31. The van der Waals surface area contributed by atoms with E-state index in [2.05, 4.69) is 53.9 Å². The van der Waals surface area contributed by atoms with Gasteiger partial charge in [-0.2, -0.15) is 5.21 Å². The average molecular weight is 346 g/mol. The van der Waals surface area contributed by atoms with Crippen LogP contribution in [-0.4, -0.2) is 57.3 Å². The van der Waals surface area contributed by atoms with Crippen LogP contribution in [0.25, 0.3) is 0 Å². The normalized spacial score (nSPS) is 15.6. The molecule has 2 N–H and O–H groups in total. The molecule has 0 amide bonds. The van der Waals surface area contributed by atoms with Crippen molar-refractivity contribution in [1.82, 2.24) is 20.6 Å². The molecule has 136 valence electrons. The molecule has 2 atom stereocenters. The molecule has 0 aliphatic rings. The van der Waals surface area contributed by atoms with Crippen molar-refractivity contribution in [3.05, 3.63) is 41.2 Å². The summed E-state index contributed by atoms with van der Waals surface area (Å²) in [7, 11) is 6.41. The predicted octanol–water partition coefficient (Wildman–Crippen LogP) is 2.21. The fourth-order valence-electron chi connectivity index (χ4n) is 3.32. The number of carbonyl (C=O) groups is 1. The van der Waals surface area contributed by atoms with Crippen molar-refractivity contribution >= 4 is 5.97 Å². The molecular formula is C18H28N5O2+. The van der Waals surface area contributed by atoms with Gasteiger partial charge >= 0.3 is 5.97 Å². The van der Waals surface area contributed by atoms with E-state index in [-0.39, 0.29) is 0 Å². The largest absolute Gasteiger partial charge is 0.481 e. The molecule has 7 nitrogen and oxygen atoms in total. The third-order valence-corrected chi connectivity index (χ3v) is 4.59. The molecule has 0 aliphatic carbocycles. The summed E-state index contributed by atoms with van der Waals surface area (Å²) < 4.78 is 0.828. The maximum absolute atomic E-state index is 12.0. The van der Waals surface area contributed by atoms with Gasteiger partial charge in [-0.15, -0.1) is 10.2 Å². The third kappa shape index (κ3) is 4.22. The molecule has 7 heteroatoms. The van der Waals surface area contributed by atoms with Crippen LogP contribution in [0.3, 0.4) is 0 Å². The lowest BCUT2D eigenvalue weighted by Crippen LogP contribution is -2.39. The topological polar surface area (TPSA) is 91.8 Å². The Labute approximate surface area is 148 Å². The van der Waals surface area contributed by atoms with Gasteiger partial charge in [-0.1, -0.05) is 42.8 Å².